The molecule has 1 aliphatic rings. The second kappa shape index (κ2) is 8.66. The summed E-state index contributed by atoms with van der Waals surface area (Å²) in [7, 11) is 1.87. The first-order valence-electron chi connectivity index (χ1n) is 10.6. The summed E-state index contributed by atoms with van der Waals surface area (Å²) in [6, 6.07) is 16.3. The minimum Gasteiger partial charge on any atom is -0.343 e. The van der Waals surface area contributed by atoms with Crippen LogP contribution in [0.4, 0.5) is 0 Å². The van der Waals surface area contributed by atoms with Gasteiger partial charge >= 0.3 is 0 Å². The Hall–Kier alpha value is -3.21. The first kappa shape index (κ1) is 20.1. The predicted molar refractivity (Wildman–Crippen MR) is 119 cm³/mol. The minimum atomic E-state index is 0.0337. The van der Waals surface area contributed by atoms with Crippen LogP contribution in [0.15, 0.2) is 60.9 Å². The van der Waals surface area contributed by atoms with E-state index in [1.807, 2.05) is 60.3 Å². The van der Waals surface area contributed by atoms with Crippen molar-refractivity contribution < 1.29 is 9.59 Å². The number of hydrogen-bond acceptors (Lipinski definition) is 3. The van der Waals surface area contributed by atoms with Crippen LogP contribution in [0.2, 0.25) is 0 Å². The maximum Gasteiger partial charge on any atom is 0.253 e. The van der Waals surface area contributed by atoms with Gasteiger partial charge in [-0.2, -0.15) is 0 Å². The number of fused-ring (bicyclic) bond motifs is 1. The smallest absolute Gasteiger partial charge is 0.253 e. The van der Waals surface area contributed by atoms with Crippen molar-refractivity contribution in [3.63, 3.8) is 0 Å². The molecule has 5 heteroatoms. The lowest BCUT2D eigenvalue weighted by Gasteiger charge is -2.36. The fourth-order valence-electron chi connectivity index (χ4n) is 4.16. The van der Waals surface area contributed by atoms with E-state index in [0.29, 0.717) is 12.0 Å². The van der Waals surface area contributed by atoms with Crippen LogP contribution in [-0.2, 0) is 4.79 Å². The largest absolute Gasteiger partial charge is 0.343 e. The van der Waals surface area contributed by atoms with Crippen LogP contribution in [0.25, 0.3) is 21.9 Å². The molecule has 1 saturated heterocycles. The van der Waals surface area contributed by atoms with E-state index < -0.39 is 0 Å². The number of likely N-dealkylation sites (tertiary alicyclic amines) is 1. The summed E-state index contributed by atoms with van der Waals surface area (Å²) in [4.78, 5) is 32.7. The Morgan fingerprint density at radius 2 is 1.70 bits per heavy atom. The second-order valence-corrected chi connectivity index (χ2v) is 7.90. The molecule has 4 rings (SSSR count). The SMILES string of the molecule is CCC(=O)N1CCC(N(C)C(=O)c2ccc(-c3ccc4cnccc4c3)cc2)CC1. The first-order valence-corrected chi connectivity index (χ1v) is 10.6. The highest BCUT2D eigenvalue weighted by atomic mass is 16.2. The Kier molecular flexibility index (Phi) is 5.79. The molecule has 0 saturated carbocycles. The third-order valence-corrected chi connectivity index (χ3v) is 6.09. The van der Waals surface area contributed by atoms with Crippen LogP contribution in [-0.4, -0.2) is 52.8 Å². The van der Waals surface area contributed by atoms with Crippen molar-refractivity contribution in [1.82, 2.24) is 14.8 Å². The summed E-state index contributed by atoms with van der Waals surface area (Å²) in [5.41, 5.74) is 2.90. The first-order chi connectivity index (χ1) is 14.6. The zero-order chi connectivity index (χ0) is 21.1. The van der Waals surface area contributed by atoms with Gasteiger partial charge in [-0.3, -0.25) is 14.6 Å². The average molecular weight is 402 g/mol. The zero-order valence-corrected chi connectivity index (χ0v) is 17.5. The number of hydrogen-bond donors (Lipinski definition) is 0. The molecule has 0 atom stereocenters. The number of aromatic nitrogens is 1. The van der Waals surface area contributed by atoms with E-state index in [-0.39, 0.29) is 17.9 Å². The summed E-state index contributed by atoms with van der Waals surface area (Å²) in [5.74, 6) is 0.231. The van der Waals surface area contributed by atoms with Gasteiger partial charge in [-0.05, 0) is 53.6 Å². The van der Waals surface area contributed by atoms with Gasteiger partial charge in [-0.25, -0.2) is 0 Å². The van der Waals surface area contributed by atoms with Gasteiger partial charge in [0.25, 0.3) is 5.91 Å². The molecule has 2 aromatic carbocycles. The Bertz CT molecular complexity index is 1050. The monoisotopic (exact) mass is 401 g/mol. The van der Waals surface area contributed by atoms with E-state index in [4.69, 9.17) is 0 Å². The van der Waals surface area contributed by atoms with E-state index in [1.165, 1.54) is 0 Å². The van der Waals surface area contributed by atoms with Gasteiger partial charge in [0.05, 0.1) is 0 Å². The lowest BCUT2D eigenvalue weighted by molar-refractivity contribution is -0.132. The maximum absolute atomic E-state index is 13.0. The van der Waals surface area contributed by atoms with Crippen LogP contribution in [0.1, 0.15) is 36.5 Å². The molecule has 2 heterocycles. The Labute approximate surface area is 177 Å². The molecule has 0 N–H and O–H groups in total. The highest BCUT2D eigenvalue weighted by Crippen LogP contribution is 2.25. The van der Waals surface area contributed by atoms with Gasteiger partial charge in [-0.1, -0.05) is 31.2 Å². The number of rotatable bonds is 4. The standard InChI is InChI=1S/C25H27N3O2/c1-3-24(29)28-14-11-23(12-15-28)27(2)25(30)19-6-4-18(5-7-19)20-8-9-22-17-26-13-10-21(22)16-20/h4-10,13,16-17,23H,3,11-12,14-15H2,1-2H3. The maximum atomic E-state index is 13.0. The number of amides is 2. The summed E-state index contributed by atoms with van der Waals surface area (Å²) < 4.78 is 0. The summed E-state index contributed by atoms with van der Waals surface area (Å²) in [5, 5.41) is 2.26. The van der Waals surface area contributed by atoms with Crippen LogP contribution >= 0.6 is 0 Å². The van der Waals surface area contributed by atoms with E-state index in [2.05, 4.69) is 23.2 Å². The quantitative estimate of drug-likeness (QED) is 0.652. The molecule has 1 fully saturated rings. The van der Waals surface area contributed by atoms with Gasteiger partial charge in [-0.15, -0.1) is 0 Å². The van der Waals surface area contributed by atoms with E-state index in [1.54, 1.807) is 6.20 Å². The normalized spacial score (nSPS) is 14.7. The van der Waals surface area contributed by atoms with Crippen molar-refractivity contribution >= 4 is 22.6 Å². The van der Waals surface area contributed by atoms with Crippen molar-refractivity contribution in [1.29, 1.82) is 0 Å². The molecule has 0 aliphatic carbocycles. The highest BCUT2D eigenvalue weighted by molar-refractivity contribution is 5.95. The topological polar surface area (TPSA) is 53.5 Å². The van der Waals surface area contributed by atoms with Gasteiger partial charge in [0.15, 0.2) is 0 Å². The molecule has 2 amide bonds. The van der Waals surface area contributed by atoms with E-state index >= 15 is 0 Å². The Morgan fingerprint density at radius 1 is 1.00 bits per heavy atom. The lowest BCUT2D eigenvalue weighted by atomic mass is 9.99. The highest BCUT2D eigenvalue weighted by Gasteiger charge is 2.27. The number of carbonyl (C=O) groups excluding carboxylic acids is 2. The zero-order valence-electron chi connectivity index (χ0n) is 17.5. The molecule has 30 heavy (non-hydrogen) atoms. The number of piperidine rings is 1. The fourth-order valence-corrected chi connectivity index (χ4v) is 4.16. The number of benzene rings is 2. The van der Waals surface area contributed by atoms with Gasteiger partial charge in [0.2, 0.25) is 5.91 Å². The van der Waals surface area contributed by atoms with Gasteiger partial charge < -0.3 is 9.80 Å². The molecular weight excluding hydrogens is 374 g/mol. The summed E-state index contributed by atoms with van der Waals surface area (Å²) in [6.07, 6.45) is 5.86. The molecular formula is C25H27N3O2. The molecule has 0 bridgehead atoms. The molecule has 154 valence electrons. The molecule has 3 aromatic rings. The van der Waals surface area contributed by atoms with Crippen LogP contribution in [0.3, 0.4) is 0 Å². The van der Waals surface area contributed by atoms with Crippen LogP contribution in [0, 0.1) is 0 Å². The van der Waals surface area contributed by atoms with Crippen molar-refractivity contribution in [3.8, 4) is 11.1 Å². The number of pyridine rings is 1. The molecule has 1 aromatic heterocycles. The number of carbonyl (C=O) groups is 2. The molecule has 1 aliphatic heterocycles. The minimum absolute atomic E-state index is 0.0337. The number of nitrogens with zero attached hydrogens (tertiary/aromatic N) is 3. The summed E-state index contributed by atoms with van der Waals surface area (Å²) in [6.45, 7) is 3.35. The third-order valence-electron chi connectivity index (χ3n) is 6.09. The third kappa shape index (κ3) is 4.06. The molecule has 0 unspecified atom stereocenters. The van der Waals surface area contributed by atoms with Gasteiger partial charge in [0, 0.05) is 55.9 Å². The summed E-state index contributed by atoms with van der Waals surface area (Å²) >= 11 is 0. The van der Waals surface area contributed by atoms with Crippen molar-refractivity contribution in [2.45, 2.75) is 32.2 Å². The van der Waals surface area contributed by atoms with Gasteiger partial charge in [0.1, 0.15) is 0 Å². The Morgan fingerprint density at radius 3 is 2.40 bits per heavy atom. The fraction of sp³-hybridized carbons (Fsp3) is 0.320. The van der Waals surface area contributed by atoms with Crippen molar-refractivity contribution in [3.05, 3.63) is 66.5 Å². The molecule has 0 spiro atoms. The van der Waals surface area contributed by atoms with Crippen LogP contribution < -0.4 is 0 Å². The second-order valence-electron chi connectivity index (χ2n) is 7.90. The lowest BCUT2D eigenvalue weighted by Crippen LogP contribution is -2.47. The van der Waals surface area contributed by atoms with E-state index in [9.17, 15) is 9.59 Å². The predicted octanol–water partition coefficient (Wildman–Crippen LogP) is 4.37. The Balaban J connectivity index is 1.44. The molecule has 0 radical (unpaired) electrons. The van der Waals surface area contributed by atoms with Crippen molar-refractivity contribution in [2.24, 2.45) is 0 Å². The van der Waals surface area contributed by atoms with Crippen LogP contribution in [0.5, 0.6) is 0 Å². The van der Waals surface area contributed by atoms with Crippen molar-refractivity contribution in [2.75, 3.05) is 20.1 Å². The molecule has 5 nitrogen and oxygen atoms in total. The van der Waals surface area contributed by atoms with E-state index in [0.717, 1.165) is 47.8 Å². The average Bonchev–Trinajstić information content (AvgIpc) is 2.82.